The van der Waals surface area contributed by atoms with Crippen molar-refractivity contribution in [1.29, 1.82) is 0 Å². The lowest BCUT2D eigenvalue weighted by atomic mass is 10.1. The number of aromatic nitrogens is 1. The van der Waals surface area contributed by atoms with Gasteiger partial charge < -0.3 is 10.1 Å². The van der Waals surface area contributed by atoms with Crippen LogP contribution in [0.2, 0.25) is 0 Å². The van der Waals surface area contributed by atoms with Gasteiger partial charge in [-0.3, -0.25) is 4.79 Å². The molecule has 1 aromatic carbocycles. The maximum absolute atomic E-state index is 13.4. The molecule has 2 aromatic rings. The van der Waals surface area contributed by atoms with Crippen LogP contribution in [0, 0.1) is 11.6 Å². The van der Waals surface area contributed by atoms with Gasteiger partial charge in [0, 0.05) is 6.07 Å². The van der Waals surface area contributed by atoms with Gasteiger partial charge in [-0.2, -0.15) is 0 Å². The molecule has 92 valence electrons. The highest BCUT2D eigenvalue weighted by Crippen LogP contribution is 2.14. The van der Waals surface area contributed by atoms with Crippen molar-refractivity contribution < 1.29 is 23.5 Å². The molecule has 0 fully saturated rings. The van der Waals surface area contributed by atoms with Crippen LogP contribution in [0.4, 0.5) is 8.78 Å². The number of aromatic carboxylic acids is 1. The van der Waals surface area contributed by atoms with Crippen LogP contribution in [0.1, 0.15) is 26.5 Å². The fourth-order valence-electron chi connectivity index (χ4n) is 1.47. The normalized spacial score (nSPS) is 10.3. The van der Waals surface area contributed by atoms with Crippen LogP contribution in [-0.4, -0.2) is 21.8 Å². The number of carboxylic acid groups (broad SMARTS) is 1. The fourth-order valence-corrected chi connectivity index (χ4v) is 1.47. The molecule has 0 radical (unpaired) electrons. The van der Waals surface area contributed by atoms with E-state index >= 15 is 0 Å². The maximum Gasteiger partial charge on any atom is 0.352 e. The molecule has 2 N–H and O–H groups in total. The van der Waals surface area contributed by atoms with Crippen LogP contribution < -0.4 is 0 Å². The van der Waals surface area contributed by atoms with Crippen molar-refractivity contribution in [3.8, 4) is 0 Å². The van der Waals surface area contributed by atoms with Gasteiger partial charge >= 0.3 is 5.97 Å². The van der Waals surface area contributed by atoms with Crippen molar-refractivity contribution in [1.82, 2.24) is 4.98 Å². The Kier molecular flexibility index (Phi) is 2.93. The Hall–Kier alpha value is -2.50. The second kappa shape index (κ2) is 4.40. The molecule has 0 bridgehead atoms. The third kappa shape index (κ3) is 2.13. The highest BCUT2D eigenvalue weighted by Gasteiger charge is 2.17. The number of ketones is 1. The first-order valence-electron chi connectivity index (χ1n) is 4.91. The zero-order valence-electron chi connectivity index (χ0n) is 8.91. The SMILES string of the molecule is O=C(O)c1ccc(C(=O)c2ccc(F)cc2F)[nH]1. The van der Waals surface area contributed by atoms with Crippen LogP contribution in [-0.2, 0) is 0 Å². The number of halogens is 2. The van der Waals surface area contributed by atoms with Crippen molar-refractivity contribution in [2.24, 2.45) is 0 Å². The molecular weight excluding hydrogens is 244 g/mol. The Morgan fingerprint density at radius 1 is 1.06 bits per heavy atom. The van der Waals surface area contributed by atoms with Gasteiger partial charge in [-0.15, -0.1) is 0 Å². The first kappa shape index (κ1) is 12.0. The van der Waals surface area contributed by atoms with Crippen molar-refractivity contribution in [3.05, 3.63) is 58.9 Å². The van der Waals surface area contributed by atoms with E-state index in [1.807, 2.05) is 0 Å². The number of carbonyl (C=O) groups excluding carboxylic acids is 1. The number of hydrogen-bond donors (Lipinski definition) is 2. The van der Waals surface area contributed by atoms with Crippen LogP contribution in [0.5, 0.6) is 0 Å². The number of hydrogen-bond acceptors (Lipinski definition) is 2. The van der Waals surface area contributed by atoms with Crippen LogP contribution >= 0.6 is 0 Å². The lowest BCUT2D eigenvalue weighted by molar-refractivity contribution is 0.0691. The van der Waals surface area contributed by atoms with E-state index in [0.717, 1.165) is 12.1 Å². The van der Waals surface area contributed by atoms with Crippen molar-refractivity contribution in [2.45, 2.75) is 0 Å². The number of H-pyrrole nitrogens is 1. The van der Waals surface area contributed by atoms with Gasteiger partial charge in [0.2, 0.25) is 5.78 Å². The third-order valence-corrected chi connectivity index (χ3v) is 2.34. The molecule has 1 aromatic heterocycles. The summed E-state index contributed by atoms with van der Waals surface area (Å²) in [6.07, 6.45) is 0. The van der Waals surface area contributed by atoms with Gasteiger partial charge in [-0.05, 0) is 24.3 Å². The summed E-state index contributed by atoms with van der Waals surface area (Å²) in [6.45, 7) is 0. The number of carbonyl (C=O) groups is 2. The lowest BCUT2D eigenvalue weighted by Crippen LogP contribution is -2.06. The smallest absolute Gasteiger partial charge is 0.352 e. The summed E-state index contributed by atoms with van der Waals surface area (Å²) in [6, 6.07) is 4.98. The largest absolute Gasteiger partial charge is 0.477 e. The van der Waals surface area contributed by atoms with Gasteiger partial charge in [0.25, 0.3) is 0 Å². The predicted molar refractivity (Wildman–Crippen MR) is 57.5 cm³/mol. The monoisotopic (exact) mass is 251 g/mol. The fraction of sp³-hybridized carbons (Fsp3) is 0. The molecule has 1 heterocycles. The molecule has 0 amide bonds. The van der Waals surface area contributed by atoms with Gasteiger partial charge in [0.05, 0.1) is 11.3 Å². The molecule has 0 aliphatic heterocycles. The highest BCUT2D eigenvalue weighted by atomic mass is 19.1. The third-order valence-electron chi connectivity index (χ3n) is 2.34. The van der Waals surface area contributed by atoms with E-state index < -0.39 is 23.4 Å². The molecule has 0 aliphatic carbocycles. The van der Waals surface area contributed by atoms with Gasteiger partial charge in [0.15, 0.2) is 0 Å². The summed E-state index contributed by atoms with van der Waals surface area (Å²) < 4.78 is 26.0. The second-order valence-corrected chi connectivity index (χ2v) is 3.54. The summed E-state index contributed by atoms with van der Waals surface area (Å²) in [5.74, 6) is -3.75. The minimum absolute atomic E-state index is 0.0714. The summed E-state index contributed by atoms with van der Waals surface area (Å²) >= 11 is 0. The van der Waals surface area contributed by atoms with Gasteiger partial charge in [0.1, 0.15) is 17.3 Å². The summed E-state index contributed by atoms with van der Waals surface area (Å²) in [4.78, 5) is 24.8. The van der Waals surface area contributed by atoms with E-state index in [1.54, 1.807) is 0 Å². The molecule has 6 heteroatoms. The number of rotatable bonds is 3. The quantitative estimate of drug-likeness (QED) is 0.822. The minimum atomic E-state index is -1.23. The topological polar surface area (TPSA) is 70.2 Å². The Labute approximate surface area is 99.9 Å². The molecule has 0 saturated carbocycles. The van der Waals surface area contributed by atoms with E-state index in [9.17, 15) is 18.4 Å². The minimum Gasteiger partial charge on any atom is -0.477 e. The first-order chi connectivity index (χ1) is 8.49. The number of nitrogens with one attached hydrogen (secondary N) is 1. The molecule has 2 rings (SSSR count). The molecule has 4 nitrogen and oxygen atoms in total. The number of aromatic amines is 1. The lowest BCUT2D eigenvalue weighted by Gasteiger charge is -2.00. The average molecular weight is 251 g/mol. The summed E-state index contributed by atoms with van der Waals surface area (Å²) in [5.41, 5.74) is -0.575. The maximum atomic E-state index is 13.4. The van der Waals surface area contributed by atoms with Crippen molar-refractivity contribution in [2.75, 3.05) is 0 Å². The Bertz CT molecular complexity index is 634. The number of carboxylic acids is 1. The summed E-state index contributed by atoms with van der Waals surface area (Å²) in [7, 11) is 0. The average Bonchev–Trinajstić information content (AvgIpc) is 2.77. The van der Waals surface area contributed by atoms with Crippen LogP contribution in [0.25, 0.3) is 0 Å². The summed E-state index contributed by atoms with van der Waals surface area (Å²) in [5, 5.41) is 8.68. The van der Waals surface area contributed by atoms with E-state index in [-0.39, 0.29) is 17.0 Å². The van der Waals surface area contributed by atoms with Crippen LogP contribution in [0.3, 0.4) is 0 Å². The molecular formula is C12H7F2NO3. The Balaban J connectivity index is 2.38. The molecule has 0 unspecified atom stereocenters. The second-order valence-electron chi connectivity index (χ2n) is 3.54. The van der Waals surface area contributed by atoms with E-state index in [0.29, 0.717) is 6.07 Å². The zero-order valence-corrected chi connectivity index (χ0v) is 8.91. The van der Waals surface area contributed by atoms with E-state index in [1.165, 1.54) is 12.1 Å². The molecule has 0 saturated heterocycles. The Morgan fingerprint density at radius 2 is 1.72 bits per heavy atom. The molecule has 18 heavy (non-hydrogen) atoms. The highest BCUT2D eigenvalue weighted by molar-refractivity contribution is 6.08. The van der Waals surface area contributed by atoms with Crippen molar-refractivity contribution >= 4 is 11.8 Å². The predicted octanol–water partition coefficient (Wildman–Crippen LogP) is 2.22. The standard InChI is InChI=1S/C12H7F2NO3/c13-6-1-2-7(8(14)5-6)11(16)9-3-4-10(15-9)12(17)18/h1-5,15H,(H,17,18). The number of benzene rings is 1. The van der Waals surface area contributed by atoms with Crippen LogP contribution in [0.15, 0.2) is 30.3 Å². The van der Waals surface area contributed by atoms with Gasteiger partial charge in [-0.25, -0.2) is 13.6 Å². The van der Waals surface area contributed by atoms with E-state index in [4.69, 9.17) is 5.11 Å². The molecule has 0 spiro atoms. The Morgan fingerprint density at radius 3 is 2.28 bits per heavy atom. The van der Waals surface area contributed by atoms with Crippen molar-refractivity contribution in [3.63, 3.8) is 0 Å². The molecule has 0 atom stereocenters. The molecule has 0 aliphatic rings. The van der Waals surface area contributed by atoms with E-state index in [2.05, 4.69) is 4.98 Å². The zero-order chi connectivity index (χ0) is 13.3. The van der Waals surface area contributed by atoms with Gasteiger partial charge in [-0.1, -0.05) is 0 Å². The first-order valence-corrected chi connectivity index (χ1v) is 4.91.